The quantitative estimate of drug-likeness (QED) is 0.365. The highest BCUT2D eigenvalue weighted by molar-refractivity contribution is 7.99. The van der Waals surface area contributed by atoms with Crippen LogP contribution in [0, 0.1) is 0 Å². The molecule has 2 aromatic heterocycles. The first-order valence-electron chi connectivity index (χ1n) is 12.2. The number of hydrogen-bond acceptors (Lipinski definition) is 5. The summed E-state index contributed by atoms with van der Waals surface area (Å²) in [5.41, 5.74) is 3.63. The second kappa shape index (κ2) is 8.58. The van der Waals surface area contributed by atoms with Gasteiger partial charge in [0, 0.05) is 22.6 Å². The molecule has 3 heterocycles. The van der Waals surface area contributed by atoms with E-state index in [0.29, 0.717) is 5.75 Å². The summed E-state index contributed by atoms with van der Waals surface area (Å²) in [5, 5.41) is 1.59. The predicted octanol–water partition coefficient (Wildman–Crippen LogP) is 5.52. The molecule has 1 atom stereocenters. The highest BCUT2D eigenvalue weighted by Crippen LogP contribution is 2.38. The van der Waals surface area contributed by atoms with Crippen LogP contribution in [-0.2, 0) is 24.1 Å². The van der Waals surface area contributed by atoms with Crippen molar-refractivity contribution >= 4 is 44.9 Å². The number of aromatic nitrogens is 2. The van der Waals surface area contributed by atoms with Crippen LogP contribution in [0.3, 0.4) is 0 Å². The van der Waals surface area contributed by atoms with Gasteiger partial charge in [0.05, 0.1) is 11.1 Å². The van der Waals surface area contributed by atoms with Crippen molar-refractivity contribution in [3.8, 4) is 0 Å². The monoisotopic (exact) mass is 479 g/mol. The molecule has 0 bridgehead atoms. The number of benzene rings is 1. The number of fused-ring (bicyclic) bond motifs is 4. The molecule has 3 aliphatic rings. The normalized spacial score (nSPS) is 20.4. The van der Waals surface area contributed by atoms with Gasteiger partial charge in [-0.1, -0.05) is 42.8 Å². The summed E-state index contributed by atoms with van der Waals surface area (Å²) >= 11 is 3.14. The van der Waals surface area contributed by atoms with Crippen molar-refractivity contribution in [2.75, 3.05) is 10.7 Å². The molecular formula is C26H29N3O2S2. The van der Waals surface area contributed by atoms with Crippen molar-refractivity contribution in [3.63, 3.8) is 0 Å². The number of thioether (sulfide) groups is 1. The van der Waals surface area contributed by atoms with Crippen molar-refractivity contribution in [1.29, 1.82) is 0 Å². The van der Waals surface area contributed by atoms with Gasteiger partial charge in [0.1, 0.15) is 4.83 Å². The maximum absolute atomic E-state index is 13.8. The van der Waals surface area contributed by atoms with E-state index < -0.39 is 0 Å². The van der Waals surface area contributed by atoms with E-state index in [1.54, 1.807) is 11.3 Å². The largest absolute Gasteiger partial charge is 0.308 e. The predicted molar refractivity (Wildman–Crippen MR) is 136 cm³/mol. The molecule has 1 unspecified atom stereocenters. The standard InChI is InChI=1S/C26H29N3O2S2/c1-16-14-17-8-2-6-12-20(17)28(16)22(30)15-32-26-27-24-23(19-11-5-7-13-21(19)33-24)25(31)29(26)18-9-3-4-10-18/h2,6,8,12,16,18H,3-5,7,9-11,13-15H2,1H3. The number of rotatable bonds is 4. The Morgan fingerprint density at radius 2 is 1.94 bits per heavy atom. The Labute approximate surface area is 202 Å². The minimum Gasteiger partial charge on any atom is -0.308 e. The van der Waals surface area contributed by atoms with Crippen molar-refractivity contribution in [2.45, 2.75) is 82.0 Å². The van der Waals surface area contributed by atoms with Crippen molar-refractivity contribution in [1.82, 2.24) is 9.55 Å². The number of anilines is 1. The number of aryl methyl sites for hydroxylation is 2. The minimum atomic E-state index is 0.0928. The van der Waals surface area contributed by atoms with Gasteiger partial charge in [0.25, 0.3) is 5.56 Å². The van der Waals surface area contributed by atoms with Gasteiger partial charge < -0.3 is 4.90 Å². The molecule has 0 spiro atoms. The molecule has 5 nitrogen and oxygen atoms in total. The van der Waals surface area contributed by atoms with E-state index in [0.717, 1.165) is 72.4 Å². The Morgan fingerprint density at radius 3 is 2.79 bits per heavy atom. The van der Waals surface area contributed by atoms with Gasteiger partial charge in [-0.05, 0) is 69.1 Å². The van der Waals surface area contributed by atoms with E-state index in [1.807, 2.05) is 27.7 Å². The van der Waals surface area contributed by atoms with Crippen LogP contribution in [0.1, 0.15) is 67.5 Å². The second-order valence-electron chi connectivity index (χ2n) is 9.63. The number of carbonyl (C=O) groups is 1. The van der Waals surface area contributed by atoms with E-state index in [-0.39, 0.29) is 23.6 Å². The Morgan fingerprint density at radius 1 is 1.15 bits per heavy atom. The molecule has 33 heavy (non-hydrogen) atoms. The molecule has 7 heteroatoms. The van der Waals surface area contributed by atoms with Crippen molar-refractivity contribution in [2.24, 2.45) is 0 Å². The smallest absolute Gasteiger partial charge is 0.263 e. The molecule has 0 radical (unpaired) electrons. The Kier molecular flexibility index (Phi) is 5.57. The van der Waals surface area contributed by atoms with Crippen LogP contribution >= 0.6 is 23.1 Å². The summed E-state index contributed by atoms with van der Waals surface area (Å²) in [6, 6.07) is 8.54. The molecule has 1 aromatic carbocycles. The topological polar surface area (TPSA) is 55.2 Å². The van der Waals surface area contributed by atoms with Crippen LogP contribution in [-0.4, -0.2) is 27.3 Å². The summed E-state index contributed by atoms with van der Waals surface area (Å²) < 4.78 is 1.95. The number of thiophene rings is 1. The first-order valence-corrected chi connectivity index (χ1v) is 14.0. The first kappa shape index (κ1) is 21.4. The lowest BCUT2D eigenvalue weighted by atomic mass is 9.97. The zero-order valence-electron chi connectivity index (χ0n) is 19.0. The average Bonchev–Trinajstić information content (AvgIpc) is 3.53. The fraction of sp³-hybridized carbons (Fsp3) is 0.500. The van der Waals surface area contributed by atoms with Crippen LogP contribution < -0.4 is 10.5 Å². The molecule has 1 fully saturated rings. The Hall–Kier alpha value is -2.12. The van der Waals surface area contributed by atoms with Gasteiger partial charge in [-0.2, -0.15) is 0 Å². The molecule has 3 aromatic rings. The first-order chi connectivity index (χ1) is 16.1. The SMILES string of the molecule is CC1Cc2ccccc2N1C(=O)CSc1nc2sc3c(c2c(=O)n1C1CCCC1)CCCC3. The highest BCUT2D eigenvalue weighted by atomic mass is 32.2. The van der Waals surface area contributed by atoms with Gasteiger partial charge in [-0.25, -0.2) is 4.98 Å². The lowest BCUT2D eigenvalue weighted by Gasteiger charge is -2.23. The summed E-state index contributed by atoms with van der Waals surface area (Å²) in [5.74, 6) is 0.393. The third-order valence-corrected chi connectivity index (χ3v) is 9.60. The lowest BCUT2D eigenvalue weighted by Crippen LogP contribution is -2.37. The molecule has 1 aliphatic heterocycles. The molecule has 1 amide bonds. The molecule has 1 saturated carbocycles. The van der Waals surface area contributed by atoms with Gasteiger partial charge >= 0.3 is 0 Å². The third kappa shape index (κ3) is 3.64. The average molecular weight is 480 g/mol. The van der Waals surface area contributed by atoms with Crippen LogP contribution in [0.4, 0.5) is 5.69 Å². The molecule has 0 N–H and O–H groups in total. The minimum absolute atomic E-state index is 0.0928. The molecule has 6 rings (SSSR count). The number of amides is 1. The fourth-order valence-corrected chi connectivity index (χ4v) is 8.15. The summed E-state index contributed by atoms with van der Waals surface area (Å²) in [4.78, 5) is 36.3. The fourth-order valence-electron chi connectivity index (χ4n) is 5.93. The van der Waals surface area contributed by atoms with Crippen LogP contribution in [0.25, 0.3) is 10.2 Å². The Balaban J connectivity index is 1.35. The van der Waals surface area contributed by atoms with E-state index in [1.165, 1.54) is 34.2 Å². The zero-order chi connectivity index (χ0) is 22.5. The van der Waals surface area contributed by atoms with E-state index in [2.05, 4.69) is 13.0 Å². The van der Waals surface area contributed by atoms with Crippen molar-refractivity contribution < 1.29 is 4.79 Å². The number of hydrogen-bond donors (Lipinski definition) is 0. The summed E-state index contributed by atoms with van der Waals surface area (Å²) in [6.07, 6.45) is 9.66. The maximum Gasteiger partial charge on any atom is 0.263 e. The van der Waals surface area contributed by atoms with Gasteiger partial charge in [-0.15, -0.1) is 11.3 Å². The molecule has 172 valence electrons. The van der Waals surface area contributed by atoms with E-state index >= 15 is 0 Å². The highest BCUT2D eigenvalue weighted by Gasteiger charge is 2.32. The zero-order valence-corrected chi connectivity index (χ0v) is 20.6. The summed E-state index contributed by atoms with van der Waals surface area (Å²) in [7, 11) is 0. The summed E-state index contributed by atoms with van der Waals surface area (Å²) in [6.45, 7) is 2.11. The third-order valence-electron chi connectivity index (χ3n) is 7.48. The van der Waals surface area contributed by atoms with Crippen molar-refractivity contribution in [3.05, 3.63) is 50.6 Å². The van der Waals surface area contributed by atoms with Crippen LogP contribution in [0.2, 0.25) is 0 Å². The Bertz CT molecular complexity index is 1290. The van der Waals surface area contributed by atoms with Gasteiger partial charge in [0.15, 0.2) is 5.16 Å². The second-order valence-corrected chi connectivity index (χ2v) is 11.7. The molecular weight excluding hydrogens is 450 g/mol. The maximum atomic E-state index is 13.8. The van der Waals surface area contributed by atoms with Gasteiger partial charge in [0.2, 0.25) is 5.91 Å². The van der Waals surface area contributed by atoms with E-state index in [9.17, 15) is 9.59 Å². The number of nitrogens with zero attached hydrogens (tertiary/aromatic N) is 3. The van der Waals surface area contributed by atoms with Crippen LogP contribution in [0.15, 0.2) is 34.2 Å². The van der Waals surface area contributed by atoms with Crippen LogP contribution in [0.5, 0.6) is 0 Å². The number of carbonyl (C=O) groups excluding carboxylic acids is 1. The van der Waals surface area contributed by atoms with E-state index in [4.69, 9.17) is 4.98 Å². The molecule has 0 saturated heterocycles. The van der Waals surface area contributed by atoms with Gasteiger partial charge in [-0.3, -0.25) is 14.2 Å². The number of para-hydroxylation sites is 1. The molecule has 2 aliphatic carbocycles. The lowest BCUT2D eigenvalue weighted by molar-refractivity contribution is -0.116.